The van der Waals surface area contributed by atoms with Gasteiger partial charge in [-0.15, -0.1) is 0 Å². The Hall–Kier alpha value is -2.51. The summed E-state index contributed by atoms with van der Waals surface area (Å²) in [5.41, 5.74) is 1.55. The van der Waals surface area contributed by atoms with Crippen molar-refractivity contribution in [1.82, 2.24) is 9.88 Å². The smallest absolute Gasteiger partial charge is 0.422 e. The number of imide groups is 1. The predicted molar refractivity (Wildman–Crippen MR) is 74.7 cm³/mol. The molecule has 104 valence electrons. The van der Waals surface area contributed by atoms with Crippen LogP contribution in [0.4, 0.5) is 0 Å². The lowest BCUT2D eigenvalue weighted by Crippen LogP contribution is -2.33. The first-order valence-corrected chi connectivity index (χ1v) is 6.34. The third kappa shape index (κ3) is 2.33. The maximum Gasteiger partial charge on any atom is 0.508 e. The molecule has 7 heteroatoms. The largest absolute Gasteiger partial charge is 0.508 e. The zero-order valence-corrected chi connectivity index (χ0v) is 10.9. The molecule has 1 aromatic carbocycles. The van der Waals surface area contributed by atoms with Crippen LogP contribution in [-0.2, 0) is 6.54 Å². The summed E-state index contributed by atoms with van der Waals surface area (Å²) in [5, 5.41) is 18.0. The summed E-state index contributed by atoms with van der Waals surface area (Å²) in [7, 11) is -1.64. The van der Waals surface area contributed by atoms with E-state index in [4.69, 9.17) is 10.0 Å². The molecule has 2 aromatic rings. The third-order valence-corrected chi connectivity index (χ3v) is 3.33. The van der Waals surface area contributed by atoms with E-state index in [0.717, 1.165) is 4.90 Å². The van der Waals surface area contributed by atoms with Crippen LogP contribution in [0.3, 0.4) is 0 Å². The van der Waals surface area contributed by atoms with E-state index < -0.39 is 7.12 Å². The Balaban J connectivity index is 1.83. The molecule has 0 fully saturated rings. The van der Waals surface area contributed by atoms with E-state index in [1.54, 1.807) is 30.3 Å². The molecule has 1 aromatic heterocycles. The number of pyridine rings is 1. The number of aromatic nitrogens is 1. The topological polar surface area (TPSA) is 90.7 Å². The first-order valence-electron chi connectivity index (χ1n) is 6.34. The molecule has 1 aliphatic heterocycles. The molecule has 0 aliphatic carbocycles. The fourth-order valence-corrected chi connectivity index (χ4v) is 2.25. The summed E-state index contributed by atoms with van der Waals surface area (Å²) in [6.45, 7) is 0.0984. The van der Waals surface area contributed by atoms with Crippen molar-refractivity contribution in [3.63, 3.8) is 0 Å². The first kappa shape index (κ1) is 13.5. The summed E-state index contributed by atoms with van der Waals surface area (Å²) in [6, 6.07) is 9.72. The van der Waals surface area contributed by atoms with Gasteiger partial charge >= 0.3 is 7.12 Å². The summed E-state index contributed by atoms with van der Waals surface area (Å²) >= 11 is 0. The van der Waals surface area contributed by atoms with Gasteiger partial charge in [0, 0.05) is 6.20 Å². The molecular weight excluding hydrogens is 271 g/mol. The zero-order chi connectivity index (χ0) is 15.0. The van der Waals surface area contributed by atoms with E-state index in [1.165, 1.54) is 12.3 Å². The van der Waals surface area contributed by atoms with Crippen molar-refractivity contribution >= 4 is 24.5 Å². The van der Waals surface area contributed by atoms with Gasteiger partial charge in [-0.1, -0.05) is 18.2 Å². The number of carbonyl (C=O) groups excluding carboxylic acids is 2. The van der Waals surface area contributed by atoms with Crippen molar-refractivity contribution in [3.8, 4) is 0 Å². The molecule has 0 saturated carbocycles. The number of hydrogen-bond acceptors (Lipinski definition) is 5. The van der Waals surface area contributed by atoms with E-state index in [9.17, 15) is 9.59 Å². The lowest BCUT2D eigenvalue weighted by atomic mass is 9.85. The number of hydrogen-bond donors (Lipinski definition) is 2. The molecule has 2 N–H and O–H groups in total. The molecule has 0 radical (unpaired) electrons. The number of carbonyl (C=O) groups is 2. The van der Waals surface area contributed by atoms with Crippen LogP contribution in [0, 0.1) is 0 Å². The second-order valence-corrected chi connectivity index (χ2v) is 4.71. The molecule has 6 nitrogen and oxygen atoms in total. The van der Waals surface area contributed by atoms with Crippen molar-refractivity contribution in [3.05, 3.63) is 59.3 Å². The maximum atomic E-state index is 12.2. The van der Waals surface area contributed by atoms with E-state index in [1.807, 2.05) is 0 Å². The van der Waals surface area contributed by atoms with Crippen molar-refractivity contribution in [1.29, 1.82) is 0 Å². The Morgan fingerprint density at radius 3 is 2.10 bits per heavy atom. The molecule has 0 unspecified atom stereocenters. The highest BCUT2D eigenvalue weighted by atomic mass is 16.4. The summed E-state index contributed by atoms with van der Waals surface area (Å²) in [6.07, 6.45) is 1.42. The van der Waals surface area contributed by atoms with Crippen LogP contribution in [0.5, 0.6) is 0 Å². The molecular formula is C14H11BN2O4. The van der Waals surface area contributed by atoms with Crippen LogP contribution in [0.15, 0.2) is 42.6 Å². The van der Waals surface area contributed by atoms with Crippen molar-refractivity contribution < 1.29 is 19.6 Å². The van der Waals surface area contributed by atoms with E-state index in [2.05, 4.69) is 4.98 Å². The van der Waals surface area contributed by atoms with E-state index in [0.29, 0.717) is 16.7 Å². The summed E-state index contributed by atoms with van der Waals surface area (Å²) in [5.74, 6) is -0.663. The van der Waals surface area contributed by atoms with Crippen molar-refractivity contribution in [2.24, 2.45) is 0 Å². The van der Waals surface area contributed by atoms with Crippen LogP contribution >= 0.6 is 0 Å². The second-order valence-electron chi connectivity index (χ2n) is 4.71. The number of rotatable bonds is 3. The predicted octanol–water partition coefficient (Wildman–Crippen LogP) is -0.442. The van der Waals surface area contributed by atoms with Gasteiger partial charge in [-0.3, -0.25) is 19.5 Å². The van der Waals surface area contributed by atoms with Gasteiger partial charge in [0.05, 0.1) is 23.3 Å². The monoisotopic (exact) mass is 282 g/mol. The molecule has 3 rings (SSSR count). The molecule has 2 amide bonds. The van der Waals surface area contributed by atoms with Gasteiger partial charge in [-0.25, -0.2) is 0 Å². The fourth-order valence-electron chi connectivity index (χ4n) is 2.25. The van der Waals surface area contributed by atoms with Gasteiger partial charge < -0.3 is 10.0 Å². The molecule has 0 spiro atoms. The van der Waals surface area contributed by atoms with Crippen LogP contribution in [0.2, 0.25) is 0 Å². The van der Waals surface area contributed by atoms with Crippen LogP contribution in [-0.4, -0.2) is 38.9 Å². The molecule has 0 bridgehead atoms. The zero-order valence-electron chi connectivity index (χ0n) is 10.9. The van der Waals surface area contributed by atoms with Gasteiger partial charge in [0.1, 0.15) is 0 Å². The van der Waals surface area contributed by atoms with Crippen molar-refractivity contribution in [2.75, 3.05) is 0 Å². The molecule has 1 aliphatic rings. The molecule has 2 heterocycles. The third-order valence-electron chi connectivity index (χ3n) is 3.33. The van der Waals surface area contributed by atoms with Gasteiger partial charge in [-0.05, 0) is 23.8 Å². The summed E-state index contributed by atoms with van der Waals surface area (Å²) in [4.78, 5) is 29.4. The summed E-state index contributed by atoms with van der Waals surface area (Å²) < 4.78 is 0. The van der Waals surface area contributed by atoms with Crippen molar-refractivity contribution in [2.45, 2.75) is 6.54 Å². The Morgan fingerprint density at radius 2 is 1.62 bits per heavy atom. The first-order chi connectivity index (χ1) is 10.1. The Bertz CT molecular complexity index is 680. The average Bonchev–Trinajstić information content (AvgIpc) is 2.73. The number of benzene rings is 1. The quantitative estimate of drug-likeness (QED) is 0.588. The highest BCUT2D eigenvalue weighted by Crippen LogP contribution is 2.23. The lowest BCUT2D eigenvalue weighted by molar-refractivity contribution is 0.0642. The minimum absolute atomic E-state index is 0.0984. The van der Waals surface area contributed by atoms with E-state index >= 15 is 0 Å². The van der Waals surface area contributed by atoms with Crippen LogP contribution in [0.1, 0.15) is 26.3 Å². The van der Waals surface area contributed by atoms with Crippen LogP contribution in [0.25, 0.3) is 0 Å². The Morgan fingerprint density at radius 1 is 1.00 bits per heavy atom. The highest BCUT2D eigenvalue weighted by molar-refractivity contribution is 6.57. The number of amides is 2. The molecule has 0 atom stereocenters. The Labute approximate surface area is 120 Å². The lowest BCUT2D eigenvalue weighted by Gasteiger charge is -2.13. The SMILES string of the molecule is O=C1c2ccccc2C(=O)N1Cc1ccc(B(O)O)nc1. The number of fused-ring (bicyclic) bond motifs is 1. The fraction of sp³-hybridized carbons (Fsp3) is 0.0714. The maximum absolute atomic E-state index is 12.2. The van der Waals surface area contributed by atoms with Gasteiger partial charge in [-0.2, -0.15) is 0 Å². The minimum atomic E-state index is -1.64. The van der Waals surface area contributed by atoms with Gasteiger partial charge in [0.15, 0.2) is 0 Å². The minimum Gasteiger partial charge on any atom is -0.422 e. The Kier molecular flexibility index (Phi) is 3.28. The normalized spacial score (nSPS) is 13.5. The standard InChI is InChI=1S/C14H11BN2O4/c18-13-10-3-1-2-4-11(10)14(19)17(13)8-9-5-6-12(15(20)21)16-7-9/h1-7,20-21H,8H2. The van der Waals surface area contributed by atoms with Gasteiger partial charge in [0.2, 0.25) is 0 Å². The van der Waals surface area contributed by atoms with Crippen LogP contribution < -0.4 is 5.59 Å². The highest BCUT2D eigenvalue weighted by Gasteiger charge is 2.34. The van der Waals surface area contributed by atoms with Gasteiger partial charge in [0.25, 0.3) is 11.8 Å². The second kappa shape index (κ2) is 5.12. The van der Waals surface area contributed by atoms with E-state index in [-0.39, 0.29) is 24.0 Å². The molecule has 21 heavy (non-hydrogen) atoms. The number of nitrogens with zero attached hydrogens (tertiary/aromatic N) is 2. The average molecular weight is 282 g/mol. The molecule has 0 saturated heterocycles.